The van der Waals surface area contributed by atoms with Gasteiger partial charge in [-0.3, -0.25) is 14.5 Å². The van der Waals surface area contributed by atoms with Crippen molar-refractivity contribution in [2.75, 3.05) is 0 Å². The van der Waals surface area contributed by atoms with Gasteiger partial charge in [0.25, 0.3) is 5.56 Å². The summed E-state index contributed by atoms with van der Waals surface area (Å²) in [5, 5.41) is 8.82. The summed E-state index contributed by atoms with van der Waals surface area (Å²) < 4.78 is 3.21. The average molecular weight is 513 g/mol. The van der Waals surface area contributed by atoms with Crippen LogP contribution in [-0.4, -0.2) is 24.5 Å². The summed E-state index contributed by atoms with van der Waals surface area (Å²) >= 11 is 18.8. The second-order valence-electron chi connectivity index (χ2n) is 7.58. The van der Waals surface area contributed by atoms with E-state index in [1.165, 1.54) is 0 Å². The molecule has 172 valence electrons. The molecule has 0 bridgehead atoms. The Morgan fingerprint density at radius 2 is 1.71 bits per heavy atom. The third-order valence-electron chi connectivity index (χ3n) is 5.25. The first kappa shape index (κ1) is 24.0. The molecule has 0 saturated heterocycles. The molecule has 1 unspecified atom stereocenters. The zero-order valence-corrected chi connectivity index (χ0v) is 20.6. The van der Waals surface area contributed by atoms with Crippen LogP contribution in [-0.2, 0) is 14.1 Å². The van der Waals surface area contributed by atoms with Gasteiger partial charge in [-0.2, -0.15) is 0 Å². The van der Waals surface area contributed by atoms with Crippen LogP contribution in [0.1, 0.15) is 16.6 Å². The van der Waals surface area contributed by atoms with E-state index in [4.69, 9.17) is 34.8 Å². The molecule has 34 heavy (non-hydrogen) atoms. The molecule has 0 aliphatic carbocycles. The van der Waals surface area contributed by atoms with Gasteiger partial charge in [-0.15, -0.1) is 16.7 Å². The number of benzene rings is 2. The van der Waals surface area contributed by atoms with Gasteiger partial charge in [0, 0.05) is 41.8 Å². The molecule has 1 atom stereocenters. The fourth-order valence-electron chi connectivity index (χ4n) is 3.47. The van der Waals surface area contributed by atoms with Crippen LogP contribution in [0.2, 0.25) is 10.0 Å². The number of aryl methyl sites for hydroxylation is 2. The zero-order valence-electron chi connectivity index (χ0n) is 18.4. The van der Waals surface area contributed by atoms with Crippen LogP contribution in [0.4, 0.5) is 0 Å². The Bertz CT molecular complexity index is 1480. The second-order valence-corrected chi connectivity index (χ2v) is 8.89. The normalized spacial score (nSPS) is 11.7. The van der Waals surface area contributed by atoms with Gasteiger partial charge in [-0.1, -0.05) is 52.7 Å². The van der Waals surface area contributed by atoms with Gasteiger partial charge in [-0.25, -0.2) is 0 Å². The van der Waals surface area contributed by atoms with E-state index in [1.54, 1.807) is 59.2 Å². The number of hydrogen-bond donors (Lipinski definition) is 0. The number of rotatable bonds is 3. The summed E-state index contributed by atoms with van der Waals surface area (Å²) in [5.41, 5.74) is 3.86. The molecular formula is C25H20Cl3N5O. The Morgan fingerprint density at radius 3 is 2.32 bits per heavy atom. The first-order valence-corrected chi connectivity index (χ1v) is 11.5. The van der Waals surface area contributed by atoms with Crippen LogP contribution in [0, 0.1) is 0 Å². The van der Waals surface area contributed by atoms with E-state index in [9.17, 15) is 4.79 Å². The van der Waals surface area contributed by atoms with Crippen LogP contribution < -0.4 is 5.56 Å². The quantitative estimate of drug-likeness (QED) is 0.276. The van der Waals surface area contributed by atoms with Gasteiger partial charge in [-0.05, 0) is 47.0 Å². The van der Waals surface area contributed by atoms with E-state index in [2.05, 4.69) is 15.3 Å². The van der Waals surface area contributed by atoms with Gasteiger partial charge in [0.1, 0.15) is 5.38 Å². The Morgan fingerprint density at radius 1 is 0.941 bits per heavy atom. The lowest BCUT2D eigenvalue weighted by molar-refractivity contribution is 0.715. The van der Waals surface area contributed by atoms with Crippen molar-refractivity contribution in [1.82, 2.24) is 24.5 Å². The van der Waals surface area contributed by atoms with Crippen LogP contribution in [0.15, 0.2) is 84.0 Å². The van der Waals surface area contributed by atoms with Crippen LogP contribution >= 0.6 is 34.8 Å². The van der Waals surface area contributed by atoms with E-state index < -0.39 is 5.38 Å². The maximum atomic E-state index is 12.4. The first-order chi connectivity index (χ1) is 16.3. The molecule has 6 nitrogen and oxygen atoms in total. The SMILES string of the molecule is Cn1c(=O)cc(-c2cccc(Cl)c2)c2cc(C(Cl)c3ccc(Cl)cc3)ncc21.Cn1ccnn1. The van der Waals surface area contributed by atoms with Crippen molar-refractivity contribution >= 4 is 45.7 Å². The van der Waals surface area contributed by atoms with Gasteiger partial charge in [0.05, 0.1) is 23.6 Å². The average Bonchev–Trinajstić information content (AvgIpc) is 3.32. The van der Waals surface area contributed by atoms with Crippen molar-refractivity contribution in [1.29, 1.82) is 0 Å². The highest BCUT2D eigenvalue weighted by molar-refractivity contribution is 6.31. The summed E-state index contributed by atoms with van der Waals surface area (Å²) in [4.78, 5) is 17.0. The summed E-state index contributed by atoms with van der Waals surface area (Å²) in [7, 11) is 3.55. The van der Waals surface area contributed by atoms with E-state index in [1.807, 2.05) is 43.4 Å². The van der Waals surface area contributed by atoms with E-state index in [0.29, 0.717) is 15.7 Å². The molecule has 3 aromatic heterocycles. The maximum Gasteiger partial charge on any atom is 0.251 e. The minimum Gasteiger partial charge on any atom is -0.310 e. The molecule has 9 heteroatoms. The fourth-order valence-corrected chi connectivity index (χ4v) is 4.05. The van der Waals surface area contributed by atoms with Crippen molar-refractivity contribution in [3.05, 3.63) is 111 Å². The topological polar surface area (TPSA) is 65.6 Å². The molecule has 5 rings (SSSR count). The molecule has 0 aliphatic rings. The first-order valence-electron chi connectivity index (χ1n) is 10.3. The van der Waals surface area contributed by atoms with E-state index in [0.717, 1.165) is 27.6 Å². The summed E-state index contributed by atoms with van der Waals surface area (Å²) in [5.74, 6) is 0. The van der Waals surface area contributed by atoms with Crippen molar-refractivity contribution in [2.24, 2.45) is 14.1 Å². The molecule has 0 fully saturated rings. The lowest BCUT2D eigenvalue weighted by atomic mass is 10.00. The van der Waals surface area contributed by atoms with Crippen molar-refractivity contribution in [3.63, 3.8) is 0 Å². The Labute approximate surface area is 211 Å². The van der Waals surface area contributed by atoms with Crippen LogP contribution in [0.25, 0.3) is 22.0 Å². The molecule has 0 aliphatic heterocycles. The number of aromatic nitrogens is 5. The Hall–Kier alpha value is -3.19. The number of fused-ring (bicyclic) bond motifs is 1. The van der Waals surface area contributed by atoms with Crippen molar-refractivity contribution in [3.8, 4) is 11.1 Å². The Balaban J connectivity index is 0.000000398. The van der Waals surface area contributed by atoms with Crippen molar-refractivity contribution in [2.45, 2.75) is 5.38 Å². The molecule has 0 N–H and O–H groups in total. The molecule has 0 spiro atoms. The number of alkyl halides is 1. The van der Waals surface area contributed by atoms with Gasteiger partial charge >= 0.3 is 0 Å². The van der Waals surface area contributed by atoms with E-state index in [-0.39, 0.29) is 5.56 Å². The standard InChI is InChI=1S/C22H15Cl3N2O.C3H5N3/c1-27-20-12-26-19(22(25)13-5-7-15(23)8-6-13)10-18(20)17(11-21(27)28)14-3-2-4-16(24)9-14;1-6-3-2-4-5-6/h2-12,22H,1H3;2-3H,1H3. The number of nitrogens with zero attached hydrogens (tertiary/aromatic N) is 5. The molecule has 3 heterocycles. The van der Waals surface area contributed by atoms with Crippen molar-refractivity contribution < 1.29 is 0 Å². The molecule has 0 radical (unpaired) electrons. The molecule has 0 saturated carbocycles. The molecule has 0 amide bonds. The minimum atomic E-state index is -0.439. The Kier molecular flexibility index (Phi) is 7.32. The molecule has 5 aromatic rings. The molecular weight excluding hydrogens is 493 g/mol. The molecule has 2 aromatic carbocycles. The lowest BCUT2D eigenvalue weighted by Gasteiger charge is -2.14. The predicted molar refractivity (Wildman–Crippen MR) is 138 cm³/mol. The third kappa shape index (κ3) is 5.30. The maximum absolute atomic E-state index is 12.4. The third-order valence-corrected chi connectivity index (χ3v) is 6.22. The largest absolute Gasteiger partial charge is 0.310 e. The highest BCUT2D eigenvalue weighted by Crippen LogP contribution is 2.33. The van der Waals surface area contributed by atoms with Crippen LogP contribution in [0.5, 0.6) is 0 Å². The minimum absolute atomic E-state index is 0.114. The number of hydrogen-bond acceptors (Lipinski definition) is 4. The summed E-state index contributed by atoms with van der Waals surface area (Å²) in [6.07, 6.45) is 5.10. The van der Waals surface area contributed by atoms with Crippen LogP contribution in [0.3, 0.4) is 0 Å². The lowest BCUT2D eigenvalue weighted by Crippen LogP contribution is -2.16. The summed E-state index contributed by atoms with van der Waals surface area (Å²) in [6.45, 7) is 0. The summed E-state index contributed by atoms with van der Waals surface area (Å²) in [6, 6.07) is 18.3. The smallest absolute Gasteiger partial charge is 0.251 e. The highest BCUT2D eigenvalue weighted by Gasteiger charge is 2.16. The second kappa shape index (κ2) is 10.4. The van der Waals surface area contributed by atoms with Gasteiger partial charge in [0.15, 0.2) is 0 Å². The zero-order chi connectivity index (χ0) is 24.2. The van der Waals surface area contributed by atoms with Gasteiger partial charge < -0.3 is 4.57 Å². The number of pyridine rings is 2. The monoisotopic (exact) mass is 511 g/mol. The highest BCUT2D eigenvalue weighted by atomic mass is 35.5. The van der Waals surface area contributed by atoms with Gasteiger partial charge in [0.2, 0.25) is 0 Å². The number of halogens is 3. The predicted octanol–water partition coefficient (Wildman–Crippen LogP) is 6.05. The van der Waals surface area contributed by atoms with E-state index >= 15 is 0 Å². The fraction of sp³-hybridized carbons (Fsp3) is 0.120.